The third-order valence-corrected chi connectivity index (χ3v) is 2.02. The van der Waals surface area contributed by atoms with Gasteiger partial charge in [-0.05, 0) is 33.8 Å². The van der Waals surface area contributed by atoms with E-state index < -0.39 is 17.4 Å². The molecule has 0 fully saturated rings. The quantitative estimate of drug-likeness (QED) is 0.666. The normalized spacial score (nSPS) is 11.2. The lowest BCUT2D eigenvalue weighted by Gasteiger charge is -2.20. The highest BCUT2D eigenvalue weighted by Crippen LogP contribution is 2.26. The molecule has 2 N–H and O–H groups in total. The standard InChI is InChI=1S/C13H18FNO3/c1-5-17-11-6-8(10(15)7-9(11)14)12(16)18-13(2,3)4/h6-7H,5,15H2,1-4H3. The van der Waals surface area contributed by atoms with Crippen molar-refractivity contribution in [1.29, 1.82) is 0 Å². The van der Waals surface area contributed by atoms with Crippen molar-refractivity contribution < 1.29 is 18.7 Å². The zero-order valence-electron chi connectivity index (χ0n) is 11.0. The summed E-state index contributed by atoms with van der Waals surface area (Å²) in [5.74, 6) is -1.20. The molecule has 0 saturated carbocycles. The third-order valence-electron chi connectivity index (χ3n) is 2.02. The van der Waals surface area contributed by atoms with E-state index in [9.17, 15) is 9.18 Å². The average molecular weight is 255 g/mol. The molecule has 5 heteroatoms. The maximum absolute atomic E-state index is 13.5. The topological polar surface area (TPSA) is 61.5 Å². The van der Waals surface area contributed by atoms with E-state index in [1.807, 2.05) is 0 Å². The van der Waals surface area contributed by atoms with Gasteiger partial charge in [-0.25, -0.2) is 9.18 Å². The molecule has 0 aliphatic carbocycles. The van der Waals surface area contributed by atoms with Crippen molar-refractivity contribution in [3.63, 3.8) is 0 Å². The van der Waals surface area contributed by atoms with Gasteiger partial charge in [0.05, 0.1) is 12.2 Å². The molecule has 4 nitrogen and oxygen atoms in total. The SMILES string of the molecule is CCOc1cc(C(=O)OC(C)(C)C)c(N)cc1F. The molecule has 0 radical (unpaired) electrons. The number of rotatable bonds is 3. The molecule has 1 rings (SSSR count). The summed E-state index contributed by atoms with van der Waals surface area (Å²) >= 11 is 0. The van der Waals surface area contributed by atoms with Crippen LogP contribution < -0.4 is 10.5 Å². The molecule has 0 atom stereocenters. The summed E-state index contributed by atoms with van der Waals surface area (Å²) in [4.78, 5) is 11.9. The highest BCUT2D eigenvalue weighted by molar-refractivity contribution is 5.95. The number of nitrogen functional groups attached to an aromatic ring is 1. The fourth-order valence-electron chi connectivity index (χ4n) is 1.34. The summed E-state index contributed by atoms with van der Waals surface area (Å²) in [6.07, 6.45) is 0. The largest absolute Gasteiger partial charge is 0.491 e. The third kappa shape index (κ3) is 3.61. The molecule has 0 saturated heterocycles. The Morgan fingerprint density at radius 3 is 2.50 bits per heavy atom. The Morgan fingerprint density at radius 2 is 2.00 bits per heavy atom. The van der Waals surface area contributed by atoms with Crippen LogP contribution in [0.2, 0.25) is 0 Å². The summed E-state index contributed by atoms with van der Waals surface area (Å²) in [6.45, 7) is 7.26. The van der Waals surface area contributed by atoms with Gasteiger partial charge in [0.15, 0.2) is 11.6 Å². The van der Waals surface area contributed by atoms with Crippen LogP contribution in [0.1, 0.15) is 38.1 Å². The smallest absolute Gasteiger partial charge is 0.340 e. The minimum atomic E-state index is -0.635. The van der Waals surface area contributed by atoms with Crippen LogP contribution >= 0.6 is 0 Å². The first-order chi connectivity index (χ1) is 8.24. The fourth-order valence-corrected chi connectivity index (χ4v) is 1.34. The lowest BCUT2D eigenvalue weighted by Crippen LogP contribution is -2.24. The molecule has 0 heterocycles. The van der Waals surface area contributed by atoms with Crippen LogP contribution in [0.25, 0.3) is 0 Å². The highest BCUT2D eigenvalue weighted by Gasteiger charge is 2.21. The van der Waals surface area contributed by atoms with Crippen molar-refractivity contribution in [3.05, 3.63) is 23.5 Å². The summed E-state index contributed by atoms with van der Waals surface area (Å²) < 4.78 is 23.7. The van der Waals surface area contributed by atoms with Crippen LogP contribution in [0.15, 0.2) is 12.1 Å². The van der Waals surface area contributed by atoms with E-state index in [1.165, 1.54) is 6.07 Å². The van der Waals surface area contributed by atoms with Gasteiger partial charge in [0.25, 0.3) is 0 Å². The first-order valence-electron chi connectivity index (χ1n) is 5.69. The molecule has 0 aromatic heterocycles. The van der Waals surface area contributed by atoms with Gasteiger partial charge in [0.2, 0.25) is 0 Å². The van der Waals surface area contributed by atoms with E-state index in [0.717, 1.165) is 6.07 Å². The van der Waals surface area contributed by atoms with E-state index in [-0.39, 0.29) is 17.0 Å². The van der Waals surface area contributed by atoms with Gasteiger partial charge in [0.1, 0.15) is 5.60 Å². The average Bonchev–Trinajstić information content (AvgIpc) is 2.19. The van der Waals surface area contributed by atoms with E-state index in [0.29, 0.717) is 6.61 Å². The number of esters is 1. The molecule has 1 aromatic carbocycles. The summed E-state index contributed by atoms with van der Waals surface area (Å²) in [5, 5.41) is 0. The van der Waals surface area contributed by atoms with Crippen LogP contribution in [0.4, 0.5) is 10.1 Å². The lowest BCUT2D eigenvalue weighted by molar-refractivity contribution is 0.00703. The second-order valence-electron chi connectivity index (χ2n) is 4.80. The van der Waals surface area contributed by atoms with E-state index >= 15 is 0 Å². The predicted molar refractivity (Wildman–Crippen MR) is 67.1 cm³/mol. The van der Waals surface area contributed by atoms with Gasteiger partial charge in [-0.2, -0.15) is 0 Å². The Kier molecular flexibility index (Phi) is 4.16. The Bertz CT molecular complexity index is 452. The van der Waals surface area contributed by atoms with Crippen LogP contribution in [0.3, 0.4) is 0 Å². The zero-order valence-corrected chi connectivity index (χ0v) is 11.0. The van der Waals surface area contributed by atoms with E-state index in [1.54, 1.807) is 27.7 Å². The summed E-state index contributed by atoms with van der Waals surface area (Å²) in [7, 11) is 0. The van der Waals surface area contributed by atoms with Crippen LogP contribution in [0.5, 0.6) is 5.75 Å². The van der Waals surface area contributed by atoms with Crippen LogP contribution in [-0.2, 0) is 4.74 Å². The molecule has 0 amide bonds. The number of carbonyl (C=O) groups excluding carboxylic acids is 1. The highest BCUT2D eigenvalue weighted by atomic mass is 19.1. The second-order valence-corrected chi connectivity index (χ2v) is 4.80. The predicted octanol–water partition coefficient (Wildman–Crippen LogP) is 2.76. The van der Waals surface area contributed by atoms with Gasteiger partial charge in [0, 0.05) is 11.8 Å². The monoisotopic (exact) mass is 255 g/mol. The maximum atomic E-state index is 13.5. The Labute approximate surface area is 106 Å². The molecule has 0 aliphatic rings. The van der Waals surface area contributed by atoms with Gasteiger partial charge in [-0.1, -0.05) is 0 Å². The van der Waals surface area contributed by atoms with Crippen molar-refractivity contribution >= 4 is 11.7 Å². The van der Waals surface area contributed by atoms with Crippen LogP contribution in [0, 0.1) is 5.82 Å². The minimum absolute atomic E-state index is 0.00689. The summed E-state index contributed by atoms with van der Waals surface area (Å²) in [6, 6.07) is 2.33. The van der Waals surface area contributed by atoms with Crippen molar-refractivity contribution in [1.82, 2.24) is 0 Å². The van der Waals surface area contributed by atoms with Crippen molar-refractivity contribution in [3.8, 4) is 5.75 Å². The minimum Gasteiger partial charge on any atom is -0.491 e. The number of nitrogens with two attached hydrogens (primary N) is 1. The molecule has 1 aromatic rings. The first-order valence-corrected chi connectivity index (χ1v) is 5.69. The van der Waals surface area contributed by atoms with Crippen molar-refractivity contribution in [2.45, 2.75) is 33.3 Å². The van der Waals surface area contributed by atoms with Gasteiger partial charge in [-0.3, -0.25) is 0 Å². The molecular formula is C13H18FNO3. The lowest BCUT2D eigenvalue weighted by atomic mass is 10.1. The Balaban J connectivity index is 3.08. The number of carbonyl (C=O) groups is 1. The Hall–Kier alpha value is -1.78. The number of hydrogen-bond donors (Lipinski definition) is 1. The number of anilines is 1. The van der Waals surface area contributed by atoms with Gasteiger partial charge in [-0.15, -0.1) is 0 Å². The molecule has 18 heavy (non-hydrogen) atoms. The van der Waals surface area contributed by atoms with Crippen molar-refractivity contribution in [2.75, 3.05) is 12.3 Å². The fraction of sp³-hybridized carbons (Fsp3) is 0.462. The molecule has 0 bridgehead atoms. The number of benzene rings is 1. The Morgan fingerprint density at radius 1 is 1.39 bits per heavy atom. The molecule has 0 unspecified atom stereocenters. The van der Waals surface area contributed by atoms with Crippen LogP contribution in [-0.4, -0.2) is 18.2 Å². The number of hydrogen-bond acceptors (Lipinski definition) is 4. The number of halogens is 1. The van der Waals surface area contributed by atoms with Gasteiger partial charge >= 0.3 is 5.97 Å². The van der Waals surface area contributed by atoms with E-state index in [4.69, 9.17) is 15.2 Å². The number of ether oxygens (including phenoxy) is 2. The molecular weight excluding hydrogens is 237 g/mol. The van der Waals surface area contributed by atoms with Gasteiger partial charge < -0.3 is 15.2 Å². The van der Waals surface area contributed by atoms with E-state index in [2.05, 4.69) is 0 Å². The first kappa shape index (κ1) is 14.3. The molecule has 100 valence electrons. The molecule has 0 aliphatic heterocycles. The zero-order chi connectivity index (χ0) is 13.9. The molecule has 0 spiro atoms. The summed E-state index contributed by atoms with van der Waals surface area (Å²) in [5.41, 5.74) is 5.11. The van der Waals surface area contributed by atoms with Crippen molar-refractivity contribution in [2.24, 2.45) is 0 Å². The second kappa shape index (κ2) is 5.25. The maximum Gasteiger partial charge on any atom is 0.340 e.